The second-order valence-corrected chi connectivity index (χ2v) is 7.06. The molecule has 0 spiro atoms. The lowest BCUT2D eigenvalue weighted by Gasteiger charge is -2.16. The number of carbonyl (C=O) groups excluding carboxylic acids is 1. The predicted molar refractivity (Wildman–Crippen MR) is 110 cm³/mol. The van der Waals surface area contributed by atoms with Gasteiger partial charge in [0.25, 0.3) is 5.91 Å². The highest BCUT2D eigenvalue weighted by atomic mass is 16.5. The highest BCUT2D eigenvalue weighted by Crippen LogP contribution is 2.22. The molecule has 1 fully saturated rings. The SMILES string of the molecule is CN=C(NCc1ccc(C(N)=O)o1)NCc1ccc(C)cc1OCC1CCOC1. The summed E-state index contributed by atoms with van der Waals surface area (Å²) in [7, 11) is 1.69. The number of furan rings is 1. The van der Waals surface area contributed by atoms with Crippen LogP contribution in [-0.2, 0) is 17.8 Å². The Hall–Kier alpha value is -3.00. The lowest BCUT2D eigenvalue weighted by atomic mass is 10.1. The number of benzene rings is 1. The average Bonchev–Trinajstić information content (AvgIpc) is 3.39. The number of carbonyl (C=O) groups is 1. The van der Waals surface area contributed by atoms with Crippen molar-refractivity contribution in [2.75, 3.05) is 26.9 Å². The molecule has 1 atom stereocenters. The Labute approximate surface area is 170 Å². The number of aliphatic imine (C=N–C) groups is 1. The smallest absolute Gasteiger partial charge is 0.284 e. The monoisotopic (exact) mass is 400 g/mol. The van der Waals surface area contributed by atoms with Crippen molar-refractivity contribution < 1.29 is 18.7 Å². The molecule has 1 saturated heterocycles. The van der Waals surface area contributed by atoms with Crippen LogP contribution >= 0.6 is 0 Å². The minimum Gasteiger partial charge on any atom is -0.493 e. The van der Waals surface area contributed by atoms with Crippen LogP contribution in [0.5, 0.6) is 5.75 Å². The molecular weight excluding hydrogens is 372 g/mol. The number of hydrogen-bond acceptors (Lipinski definition) is 5. The van der Waals surface area contributed by atoms with Crippen LogP contribution in [0.4, 0.5) is 0 Å². The Morgan fingerprint density at radius 3 is 2.79 bits per heavy atom. The molecule has 8 heteroatoms. The number of primary amides is 1. The van der Waals surface area contributed by atoms with E-state index in [2.05, 4.69) is 33.8 Å². The molecule has 2 aromatic rings. The van der Waals surface area contributed by atoms with E-state index in [9.17, 15) is 4.79 Å². The Kier molecular flexibility index (Phi) is 7.13. The van der Waals surface area contributed by atoms with Gasteiger partial charge in [-0.1, -0.05) is 12.1 Å². The van der Waals surface area contributed by atoms with E-state index in [0.29, 0.717) is 37.3 Å². The minimum atomic E-state index is -0.588. The van der Waals surface area contributed by atoms with Gasteiger partial charge in [0.15, 0.2) is 11.7 Å². The third kappa shape index (κ3) is 5.99. The number of nitrogens with two attached hydrogens (primary N) is 1. The van der Waals surface area contributed by atoms with Gasteiger partial charge in [0.2, 0.25) is 0 Å². The van der Waals surface area contributed by atoms with Crippen LogP contribution in [0.1, 0.15) is 33.9 Å². The first kappa shape index (κ1) is 20.7. The third-order valence-electron chi connectivity index (χ3n) is 4.73. The van der Waals surface area contributed by atoms with E-state index in [1.54, 1.807) is 19.2 Å². The Bertz CT molecular complexity index is 856. The first-order valence-electron chi connectivity index (χ1n) is 9.68. The Morgan fingerprint density at radius 1 is 1.28 bits per heavy atom. The summed E-state index contributed by atoms with van der Waals surface area (Å²) < 4.78 is 16.9. The molecule has 0 aliphatic carbocycles. The number of rotatable bonds is 8. The normalized spacial score (nSPS) is 16.6. The van der Waals surface area contributed by atoms with Crippen LogP contribution in [0.15, 0.2) is 39.7 Å². The van der Waals surface area contributed by atoms with Crippen molar-refractivity contribution in [2.45, 2.75) is 26.4 Å². The van der Waals surface area contributed by atoms with Crippen LogP contribution in [0.2, 0.25) is 0 Å². The molecule has 3 rings (SSSR count). The average molecular weight is 400 g/mol. The van der Waals surface area contributed by atoms with E-state index < -0.39 is 5.91 Å². The lowest BCUT2D eigenvalue weighted by Crippen LogP contribution is -2.36. The molecular formula is C21H28N4O4. The number of amides is 1. The van der Waals surface area contributed by atoms with Gasteiger partial charge in [-0.3, -0.25) is 9.79 Å². The van der Waals surface area contributed by atoms with E-state index >= 15 is 0 Å². The number of nitrogens with zero attached hydrogens (tertiary/aromatic N) is 1. The molecule has 1 aliphatic rings. The topological polar surface area (TPSA) is 111 Å². The number of ether oxygens (including phenoxy) is 2. The largest absolute Gasteiger partial charge is 0.493 e. The van der Waals surface area contributed by atoms with E-state index in [1.165, 1.54) is 0 Å². The minimum absolute atomic E-state index is 0.138. The van der Waals surface area contributed by atoms with Crippen LogP contribution in [-0.4, -0.2) is 38.7 Å². The number of aryl methyl sites for hydroxylation is 1. The van der Waals surface area contributed by atoms with Crippen LogP contribution in [0, 0.1) is 12.8 Å². The molecule has 0 radical (unpaired) electrons. The maximum atomic E-state index is 11.1. The molecule has 1 aliphatic heterocycles. The molecule has 0 saturated carbocycles. The number of nitrogens with one attached hydrogen (secondary N) is 2. The second-order valence-electron chi connectivity index (χ2n) is 7.06. The van der Waals surface area contributed by atoms with Crippen molar-refractivity contribution in [2.24, 2.45) is 16.6 Å². The third-order valence-corrected chi connectivity index (χ3v) is 4.73. The Morgan fingerprint density at radius 2 is 2.10 bits per heavy atom. The fraction of sp³-hybridized carbons (Fsp3) is 0.429. The van der Waals surface area contributed by atoms with Crippen molar-refractivity contribution in [3.05, 3.63) is 53.0 Å². The summed E-state index contributed by atoms with van der Waals surface area (Å²) in [4.78, 5) is 15.3. The highest BCUT2D eigenvalue weighted by Gasteiger charge is 2.17. The predicted octanol–water partition coefficient (Wildman–Crippen LogP) is 1.97. The van der Waals surface area contributed by atoms with Crippen LogP contribution in [0.3, 0.4) is 0 Å². The summed E-state index contributed by atoms with van der Waals surface area (Å²) >= 11 is 0. The van der Waals surface area contributed by atoms with Gasteiger partial charge >= 0.3 is 0 Å². The fourth-order valence-corrected chi connectivity index (χ4v) is 3.04. The molecule has 1 unspecified atom stereocenters. The number of guanidine groups is 1. The molecule has 1 aromatic carbocycles. The van der Waals surface area contributed by atoms with Crippen LogP contribution in [0.25, 0.3) is 0 Å². The van der Waals surface area contributed by atoms with Crippen LogP contribution < -0.4 is 21.1 Å². The maximum Gasteiger partial charge on any atom is 0.284 e. The van der Waals surface area contributed by atoms with Gasteiger partial charge in [-0.25, -0.2) is 0 Å². The molecule has 2 heterocycles. The molecule has 29 heavy (non-hydrogen) atoms. The van der Waals surface area contributed by atoms with Crippen molar-refractivity contribution in [1.82, 2.24) is 10.6 Å². The lowest BCUT2D eigenvalue weighted by molar-refractivity contribution is 0.0972. The summed E-state index contributed by atoms with van der Waals surface area (Å²) in [6.07, 6.45) is 1.04. The first-order chi connectivity index (χ1) is 14.0. The van der Waals surface area contributed by atoms with Crippen molar-refractivity contribution >= 4 is 11.9 Å². The van der Waals surface area contributed by atoms with Crippen molar-refractivity contribution in [3.63, 3.8) is 0 Å². The van der Waals surface area contributed by atoms with Gasteiger partial charge in [0.05, 0.1) is 19.8 Å². The molecule has 156 valence electrons. The van der Waals surface area contributed by atoms with Gasteiger partial charge in [-0.15, -0.1) is 0 Å². The molecule has 1 amide bonds. The van der Waals surface area contributed by atoms with Gasteiger partial charge in [0.1, 0.15) is 11.5 Å². The second kappa shape index (κ2) is 9.97. The summed E-state index contributed by atoms with van der Waals surface area (Å²) in [5.74, 6) is 2.08. The zero-order valence-corrected chi connectivity index (χ0v) is 16.9. The van der Waals surface area contributed by atoms with Crippen molar-refractivity contribution in [3.8, 4) is 5.75 Å². The standard InChI is InChI=1S/C21H28N4O4/c1-14-3-4-16(19(9-14)28-13-15-7-8-27-12-15)10-24-21(23-2)25-11-17-5-6-18(29-17)20(22)26/h3-6,9,15H,7-8,10-13H2,1-2H3,(H2,22,26)(H2,23,24,25). The summed E-state index contributed by atoms with van der Waals surface area (Å²) in [6, 6.07) is 9.44. The van der Waals surface area contributed by atoms with E-state index in [1.807, 2.05) is 6.92 Å². The van der Waals surface area contributed by atoms with E-state index in [0.717, 1.165) is 36.5 Å². The van der Waals surface area contributed by atoms with E-state index in [-0.39, 0.29) is 5.76 Å². The number of hydrogen-bond donors (Lipinski definition) is 3. The molecule has 4 N–H and O–H groups in total. The van der Waals surface area contributed by atoms with Gasteiger partial charge in [-0.05, 0) is 37.1 Å². The quantitative estimate of drug-likeness (QED) is 0.461. The van der Waals surface area contributed by atoms with Crippen molar-refractivity contribution in [1.29, 1.82) is 0 Å². The highest BCUT2D eigenvalue weighted by molar-refractivity contribution is 5.89. The zero-order valence-electron chi connectivity index (χ0n) is 16.9. The zero-order chi connectivity index (χ0) is 20.6. The van der Waals surface area contributed by atoms with Gasteiger partial charge in [-0.2, -0.15) is 0 Å². The first-order valence-corrected chi connectivity index (χ1v) is 9.68. The fourth-order valence-electron chi connectivity index (χ4n) is 3.04. The summed E-state index contributed by atoms with van der Waals surface area (Å²) in [5, 5.41) is 6.43. The Balaban J connectivity index is 1.54. The van der Waals surface area contributed by atoms with Gasteiger partial charge < -0.3 is 30.3 Å². The summed E-state index contributed by atoms with van der Waals surface area (Å²) in [5.41, 5.74) is 7.40. The summed E-state index contributed by atoms with van der Waals surface area (Å²) in [6.45, 7) is 5.22. The maximum absolute atomic E-state index is 11.1. The molecule has 1 aromatic heterocycles. The molecule has 0 bridgehead atoms. The van der Waals surface area contributed by atoms with E-state index in [4.69, 9.17) is 19.6 Å². The molecule has 8 nitrogen and oxygen atoms in total. The van der Waals surface area contributed by atoms with Gasteiger partial charge in [0, 0.05) is 31.7 Å².